The minimum atomic E-state index is -0.167. The molecule has 1 aliphatic rings. The maximum Gasteiger partial charge on any atom is 0.254 e. The number of amides is 1. The number of rotatable bonds is 2. The van der Waals surface area contributed by atoms with Gasteiger partial charge in [0, 0.05) is 27.2 Å². The van der Waals surface area contributed by atoms with Gasteiger partial charge in [-0.1, -0.05) is 46.9 Å². The fourth-order valence-corrected chi connectivity index (χ4v) is 3.22. The zero-order chi connectivity index (χ0) is 16.4. The number of halogens is 3. The Kier molecular flexibility index (Phi) is 5.12. The normalized spacial score (nSPS) is 18.0. The van der Waals surface area contributed by atoms with E-state index in [1.807, 2.05) is 24.3 Å². The van der Waals surface area contributed by atoms with E-state index in [9.17, 15) is 4.79 Å². The van der Waals surface area contributed by atoms with E-state index in [1.54, 1.807) is 23.1 Å². The Hall–Kier alpha value is -1.26. The van der Waals surface area contributed by atoms with Gasteiger partial charge in [-0.05, 0) is 35.9 Å². The summed E-state index contributed by atoms with van der Waals surface area (Å²) in [7, 11) is 0. The molecule has 0 aliphatic carbocycles. The zero-order valence-electron chi connectivity index (χ0n) is 12.1. The lowest BCUT2D eigenvalue weighted by Gasteiger charge is -2.33. The summed E-state index contributed by atoms with van der Waals surface area (Å²) >= 11 is 17.9. The van der Waals surface area contributed by atoms with Crippen molar-refractivity contribution in [1.29, 1.82) is 0 Å². The van der Waals surface area contributed by atoms with Gasteiger partial charge in [0.25, 0.3) is 5.91 Å². The second kappa shape index (κ2) is 7.10. The van der Waals surface area contributed by atoms with Gasteiger partial charge in [0.05, 0.1) is 13.2 Å². The van der Waals surface area contributed by atoms with Crippen molar-refractivity contribution in [2.75, 3.05) is 19.7 Å². The molecule has 3 rings (SSSR count). The van der Waals surface area contributed by atoms with E-state index in [1.165, 1.54) is 0 Å². The summed E-state index contributed by atoms with van der Waals surface area (Å²) in [6.45, 7) is 1.49. The van der Waals surface area contributed by atoms with Crippen molar-refractivity contribution in [2.24, 2.45) is 0 Å². The van der Waals surface area contributed by atoms with Crippen LogP contribution in [-0.4, -0.2) is 30.5 Å². The number of morpholine rings is 1. The Bertz CT molecular complexity index is 698. The van der Waals surface area contributed by atoms with Crippen molar-refractivity contribution in [3.05, 3.63) is 68.7 Å². The van der Waals surface area contributed by atoms with Gasteiger partial charge in [0.15, 0.2) is 0 Å². The predicted molar refractivity (Wildman–Crippen MR) is 92.5 cm³/mol. The molecule has 0 saturated carbocycles. The molecule has 1 aliphatic heterocycles. The number of hydrogen-bond donors (Lipinski definition) is 0. The monoisotopic (exact) mass is 369 g/mol. The molecular weight excluding hydrogens is 357 g/mol. The second-order valence-electron chi connectivity index (χ2n) is 5.32. The first kappa shape index (κ1) is 16.6. The predicted octanol–water partition coefficient (Wildman–Crippen LogP) is 4.86. The highest BCUT2D eigenvalue weighted by Crippen LogP contribution is 2.26. The van der Waals surface area contributed by atoms with E-state index in [2.05, 4.69) is 0 Å². The fraction of sp³-hybridized carbons (Fsp3) is 0.235. The van der Waals surface area contributed by atoms with Crippen LogP contribution >= 0.6 is 34.8 Å². The molecule has 6 heteroatoms. The minimum absolute atomic E-state index is 0.100. The van der Waals surface area contributed by atoms with Crippen LogP contribution < -0.4 is 0 Å². The van der Waals surface area contributed by atoms with Crippen LogP contribution in [0.2, 0.25) is 15.1 Å². The Morgan fingerprint density at radius 2 is 1.65 bits per heavy atom. The molecule has 1 fully saturated rings. The van der Waals surface area contributed by atoms with Crippen LogP contribution in [0.4, 0.5) is 0 Å². The molecule has 1 atom stereocenters. The van der Waals surface area contributed by atoms with E-state index >= 15 is 0 Å². The molecule has 0 N–H and O–H groups in total. The minimum Gasteiger partial charge on any atom is -0.370 e. The molecule has 0 radical (unpaired) electrons. The summed E-state index contributed by atoms with van der Waals surface area (Å²) in [5.41, 5.74) is 1.48. The van der Waals surface area contributed by atoms with E-state index in [-0.39, 0.29) is 12.0 Å². The van der Waals surface area contributed by atoms with Crippen LogP contribution in [0.3, 0.4) is 0 Å². The van der Waals surface area contributed by atoms with Gasteiger partial charge in [-0.15, -0.1) is 0 Å². The average molecular weight is 371 g/mol. The summed E-state index contributed by atoms with van der Waals surface area (Å²) < 4.78 is 5.78. The van der Waals surface area contributed by atoms with Crippen LogP contribution in [0.5, 0.6) is 0 Å². The molecule has 1 amide bonds. The molecule has 1 saturated heterocycles. The topological polar surface area (TPSA) is 29.5 Å². The highest BCUT2D eigenvalue weighted by molar-refractivity contribution is 6.35. The quantitative estimate of drug-likeness (QED) is 0.755. The van der Waals surface area contributed by atoms with Crippen LogP contribution in [0.15, 0.2) is 42.5 Å². The third-order valence-corrected chi connectivity index (χ3v) is 4.39. The highest BCUT2D eigenvalue weighted by atomic mass is 35.5. The third-order valence-electron chi connectivity index (χ3n) is 3.70. The highest BCUT2D eigenvalue weighted by Gasteiger charge is 2.26. The molecule has 0 spiro atoms. The first-order valence-corrected chi connectivity index (χ1v) is 8.29. The van der Waals surface area contributed by atoms with Crippen molar-refractivity contribution in [2.45, 2.75) is 6.10 Å². The zero-order valence-corrected chi connectivity index (χ0v) is 14.4. The lowest BCUT2D eigenvalue weighted by molar-refractivity contribution is -0.0228. The Morgan fingerprint density at radius 3 is 2.30 bits per heavy atom. The van der Waals surface area contributed by atoms with Crippen LogP contribution in [0.1, 0.15) is 22.0 Å². The Labute approximate surface area is 149 Å². The van der Waals surface area contributed by atoms with Gasteiger partial charge in [-0.2, -0.15) is 0 Å². The van der Waals surface area contributed by atoms with Crippen molar-refractivity contribution in [3.8, 4) is 0 Å². The van der Waals surface area contributed by atoms with Crippen molar-refractivity contribution in [1.82, 2.24) is 4.90 Å². The van der Waals surface area contributed by atoms with Crippen molar-refractivity contribution < 1.29 is 9.53 Å². The molecule has 1 heterocycles. The number of carbonyl (C=O) groups is 1. The lowest BCUT2D eigenvalue weighted by atomic mass is 10.1. The van der Waals surface area contributed by atoms with E-state index < -0.39 is 0 Å². The van der Waals surface area contributed by atoms with Gasteiger partial charge < -0.3 is 9.64 Å². The number of benzene rings is 2. The number of hydrogen-bond acceptors (Lipinski definition) is 2. The van der Waals surface area contributed by atoms with E-state index in [0.29, 0.717) is 40.3 Å². The van der Waals surface area contributed by atoms with Crippen LogP contribution in [0.25, 0.3) is 0 Å². The van der Waals surface area contributed by atoms with Gasteiger partial charge in [0.1, 0.15) is 6.10 Å². The van der Waals surface area contributed by atoms with Crippen molar-refractivity contribution in [3.63, 3.8) is 0 Å². The SMILES string of the molecule is O=C(c1cc(Cl)cc(Cl)c1)N1CCOC(c2ccc(Cl)cc2)C1. The lowest BCUT2D eigenvalue weighted by Crippen LogP contribution is -2.42. The molecule has 23 heavy (non-hydrogen) atoms. The first-order valence-electron chi connectivity index (χ1n) is 7.15. The molecule has 0 aromatic heterocycles. The Balaban J connectivity index is 1.77. The Morgan fingerprint density at radius 1 is 1.00 bits per heavy atom. The van der Waals surface area contributed by atoms with E-state index in [0.717, 1.165) is 5.56 Å². The van der Waals surface area contributed by atoms with Crippen LogP contribution in [-0.2, 0) is 4.74 Å². The smallest absolute Gasteiger partial charge is 0.254 e. The third kappa shape index (κ3) is 3.99. The average Bonchev–Trinajstić information content (AvgIpc) is 2.54. The molecule has 3 nitrogen and oxygen atoms in total. The molecular formula is C17H14Cl3NO2. The fourth-order valence-electron chi connectivity index (χ4n) is 2.57. The molecule has 120 valence electrons. The molecule has 2 aromatic carbocycles. The standard InChI is InChI=1S/C17H14Cl3NO2/c18-13-3-1-11(2-4-13)16-10-21(5-6-23-16)17(22)12-7-14(19)9-15(20)8-12/h1-4,7-9,16H,5-6,10H2. The largest absolute Gasteiger partial charge is 0.370 e. The molecule has 1 unspecified atom stereocenters. The summed E-state index contributed by atoms with van der Waals surface area (Å²) in [6.07, 6.45) is -0.167. The summed E-state index contributed by atoms with van der Waals surface area (Å²) in [5.74, 6) is -0.100. The number of carbonyl (C=O) groups excluding carboxylic acids is 1. The summed E-state index contributed by atoms with van der Waals surface area (Å²) in [4.78, 5) is 14.4. The van der Waals surface area contributed by atoms with Gasteiger partial charge in [0.2, 0.25) is 0 Å². The molecule has 2 aromatic rings. The maximum atomic E-state index is 12.7. The number of nitrogens with zero attached hydrogens (tertiary/aromatic N) is 1. The number of ether oxygens (including phenoxy) is 1. The van der Waals surface area contributed by atoms with Crippen molar-refractivity contribution >= 4 is 40.7 Å². The molecule has 0 bridgehead atoms. The maximum absolute atomic E-state index is 12.7. The van der Waals surface area contributed by atoms with Gasteiger partial charge in [-0.25, -0.2) is 0 Å². The van der Waals surface area contributed by atoms with Gasteiger partial charge in [-0.3, -0.25) is 4.79 Å². The summed E-state index contributed by atoms with van der Waals surface area (Å²) in [5, 5.41) is 1.57. The first-order chi connectivity index (χ1) is 11.0. The van der Waals surface area contributed by atoms with Gasteiger partial charge >= 0.3 is 0 Å². The van der Waals surface area contributed by atoms with E-state index in [4.69, 9.17) is 39.5 Å². The van der Waals surface area contributed by atoms with Crippen LogP contribution in [0, 0.1) is 0 Å². The second-order valence-corrected chi connectivity index (χ2v) is 6.63. The summed E-state index contributed by atoms with van der Waals surface area (Å²) in [6, 6.07) is 12.3.